The van der Waals surface area contributed by atoms with Crippen molar-refractivity contribution >= 4 is 27.6 Å². The van der Waals surface area contributed by atoms with Crippen LogP contribution in [0.2, 0.25) is 0 Å². The lowest BCUT2D eigenvalue weighted by Crippen LogP contribution is -2.03. The van der Waals surface area contributed by atoms with Gasteiger partial charge in [0, 0.05) is 16.4 Å². The number of nitrogens with one attached hydrogen (secondary N) is 1. The summed E-state index contributed by atoms with van der Waals surface area (Å²) in [5.74, 6) is 0.245. The van der Waals surface area contributed by atoms with Crippen molar-refractivity contribution in [2.75, 3.05) is 5.32 Å². The van der Waals surface area contributed by atoms with Gasteiger partial charge in [0.05, 0.1) is 11.4 Å². The fraction of sp³-hybridized carbons (Fsp3) is 0.0625. The number of aryl methyl sites for hydroxylation is 1. The molecular formula is C16H13BrFN3. The molecule has 0 saturated carbocycles. The van der Waals surface area contributed by atoms with Crippen molar-refractivity contribution in [2.24, 2.45) is 0 Å². The maximum atomic E-state index is 13.9. The molecule has 1 aromatic heterocycles. The fourth-order valence-electron chi connectivity index (χ4n) is 2.10. The van der Waals surface area contributed by atoms with Gasteiger partial charge in [0.15, 0.2) is 0 Å². The number of imidazole rings is 1. The van der Waals surface area contributed by atoms with Crippen LogP contribution in [0.3, 0.4) is 0 Å². The first kappa shape index (κ1) is 13.8. The van der Waals surface area contributed by atoms with Gasteiger partial charge in [-0.3, -0.25) is 4.57 Å². The van der Waals surface area contributed by atoms with E-state index in [-0.39, 0.29) is 5.82 Å². The van der Waals surface area contributed by atoms with Crippen molar-refractivity contribution in [2.45, 2.75) is 6.92 Å². The van der Waals surface area contributed by atoms with E-state index in [1.807, 2.05) is 48.0 Å². The monoisotopic (exact) mass is 345 g/mol. The van der Waals surface area contributed by atoms with Gasteiger partial charge < -0.3 is 5.32 Å². The zero-order chi connectivity index (χ0) is 14.8. The molecule has 0 spiro atoms. The highest BCUT2D eigenvalue weighted by molar-refractivity contribution is 9.10. The van der Waals surface area contributed by atoms with Crippen LogP contribution < -0.4 is 5.32 Å². The summed E-state index contributed by atoms with van der Waals surface area (Å²) in [4.78, 5) is 4.43. The molecule has 0 radical (unpaired) electrons. The highest BCUT2D eigenvalue weighted by Gasteiger charge is 2.12. The highest BCUT2D eigenvalue weighted by Crippen LogP contribution is 2.29. The molecule has 0 aliphatic heterocycles. The van der Waals surface area contributed by atoms with Gasteiger partial charge in [0.25, 0.3) is 0 Å². The van der Waals surface area contributed by atoms with Crippen LogP contribution in [-0.2, 0) is 0 Å². The summed E-state index contributed by atoms with van der Waals surface area (Å²) in [7, 11) is 0. The molecule has 0 saturated heterocycles. The minimum Gasteiger partial charge on any atom is -0.322 e. The van der Waals surface area contributed by atoms with E-state index in [9.17, 15) is 4.39 Å². The Balaban J connectivity index is 2.04. The topological polar surface area (TPSA) is 29.9 Å². The number of aromatic nitrogens is 2. The van der Waals surface area contributed by atoms with Crippen LogP contribution in [0.5, 0.6) is 0 Å². The fourth-order valence-corrected chi connectivity index (χ4v) is 2.54. The van der Waals surface area contributed by atoms with Crippen molar-refractivity contribution in [3.63, 3.8) is 0 Å². The molecule has 106 valence electrons. The summed E-state index contributed by atoms with van der Waals surface area (Å²) in [6.45, 7) is 1.90. The molecule has 0 aliphatic carbocycles. The number of para-hydroxylation sites is 2. The first-order chi connectivity index (χ1) is 10.1. The van der Waals surface area contributed by atoms with Crippen molar-refractivity contribution in [1.29, 1.82) is 0 Å². The number of rotatable bonds is 3. The Labute approximate surface area is 130 Å². The molecule has 1 N–H and O–H groups in total. The van der Waals surface area contributed by atoms with Crippen LogP contribution in [-0.4, -0.2) is 9.55 Å². The van der Waals surface area contributed by atoms with Crippen LogP contribution in [0, 0.1) is 12.7 Å². The Morgan fingerprint density at radius 2 is 1.86 bits per heavy atom. The zero-order valence-corrected chi connectivity index (χ0v) is 12.9. The summed E-state index contributed by atoms with van der Waals surface area (Å²) in [6, 6.07) is 14.7. The molecule has 0 fully saturated rings. The Morgan fingerprint density at radius 3 is 2.57 bits per heavy atom. The first-order valence-electron chi connectivity index (χ1n) is 6.47. The maximum absolute atomic E-state index is 13.9. The van der Waals surface area contributed by atoms with Gasteiger partial charge in [-0.1, -0.05) is 24.3 Å². The van der Waals surface area contributed by atoms with Crippen LogP contribution >= 0.6 is 15.9 Å². The normalized spacial score (nSPS) is 10.6. The third-order valence-electron chi connectivity index (χ3n) is 3.06. The summed E-state index contributed by atoms with van der Waals surface area (Å²) in [6.07, 6.45) is 1.91. The zero-order valence-electron chi connectivity index (χ0n) is 11.3. The van der Waals surface area contributed by atoms with E-state index >= 15 is 0 Å². The molecule has 3 rings (SSSR count). The van der Waals surface area contributed by atoms with Gasteiger partial charge in [0.2, 0.25) is 5.95 Å². The molecule has 0 unspecified atom stereocenters. The summed E-state index contributed by atoms with van der Waals surface area (Å²) in [5.41, 5.74) is 2.20. The van der Waals surface area contributed by atoms with E-state index < -0.39 is 0 Å². The highest BCUT2D eigenvalue weighted by atomic mass is 79.9. The lowest BCUT2D eigenvalue weighted by molar-refractivity contribution is 0.631. The smallest absolute Gasteiger partial charge is 0.212 e. The molecule has 0 amide bonds. The van der Waals surface area contributed by atoms with Crippen molar-refractivity contribution < 1.29 is 4.39 Å². The van der Waals surface area contributed by atoms with Gasteiger partial charge in [0.1, 0.15) is 5.82 Å². The summed E-state index contributed by atoms with van der Waals surface area (Å²) < 4.78 is 16.5. The van der Waals surface area contributed by atoms with E-state index in [1.54, 1.807) is 12.1 Å². The van der Waals surface area contributed by atoms with Crippen molar-refractivity contribution in [3.8, 4) is 5.69 Å². The second kappa shape index (κ2) is 5.69. The minimum absolute atomic E-state index is 0.329. The SMILES string of the molecule is Cc1cn(-c2ccccc2)c(Nc2c(F)cccc2Br)n1. The van der Waals surface area contributed by atoms with Gasteiger partial charge in [-0.2, -0.15) is 0 Å². The van der Waals surface area contributed by atoms with Gasteiger partial charge in [-0.25, -0.2) is 9.37 Å². The number of hydrogen-bond acceptors (Lipinski definition) is 2. The molecular weight excluding hydrogens is 333 g/mol. The molecule has 0 bridgehead atoms. The minimum atomic E-state index is -0.329. The average Bonchev–Trinajstić information content (AvgIpc) is 2.85. The molecule has 3 aromatic rings. The average molecular weight is 346 g/mol. The second-order valence-electron chi connectivity index (χ2n) is 4.63. The lowest BCUT2D eigenvalue weighted by atomic mass is 10.3. The Morgan fingerprint density at radius 1 is 1.10 bits per heavy atom. The Bertz CT molecular complexity index is 748. The molecule has 21 heavy (non-hydrogen) atoms. The number of anilines is 2. The number of benzene rings is 2. The molecule has 3 nitrogen and oxygen atoms in total. The molecule has 0 atom stereocenters. The predicted molar refractivity (Wildman–Crippen MR) is 85.7 cm³/mol. The van der Waals surface area contributed by atoms with Crippen LogP contribution in [0.25, 0.3) is 5.69 Å². The van der Waals surface area contributed by atoms with Gasteiger partial charge in [-0.05, 0) is 47.1 Å². The van der Waals surface area contributed by atoms with E-state index in [1.165, 1.54) is 6.07 Å². The quantitative estimate of drug-likeness (QED) is 0.736. The van der Waals surface area contributed by atoms with E-state index in [2.05, 4.69) is 26.2 Å². The molecule has 0 aliphatic rings. The number of hydrogen-bond donors (Lipinski definition) is 1. The standard InChI is InChI=1S/C16H13BrFN3/c1-11-10-21(12-6-3-2-4-7-12)16(19-11)20-15-13(17)8-5-9-14(15)18/h2-10H,1H3,(H,19,20). The molecule has 2 aromatic carbocycles. The second-order valence-corrected chi connectivity index (χ2v) is 5.49. The van der Waals surface area contributed by atoms with E-state index in [0.717, 1.165) is 11.4 Å². The van der Waals surface area contributed by atoms with Crippen molar-refractivity contribution in [1.82, 2.24) is 9.55 Å². The largest absolute Gasteiger partial charge is 0.322 e. The van der Waals surface area contributed by atoms with Crippen LogP contribution in [0.15, 0.2) is 59.2 Å². The van der Waals surface area contributed by atoms with Gasteiger partial charge in [-0.15, -0.1) is 0 Å². The lowest BCUT2D eigenvalue weighted by Gasteiger charge is -2.11. The number of halogens is 2. The summed E-state index contributed by atoms with van der Waals surface area (Å²) >= 11 is 3.35. The maximum Gasteiger partial charge on any atom is 0.212 e. The van der Waals surface area contributed by atoms with Crippen LogP contribution in [0.4, 0.5) is 16.0 Å². The molecule has 1 heterocycles. The first-order valence-corrected chi connectivity index (χ1v) is 7.27. The predicted octanol–water partition coefficient (Wildman–Crippen LogP) is 4.83. The molecule has 5 heteroatoms. The summed E-state index contributed by atoms with van der Waals surface area (Å²) in [5, 5.41) is 3.06. The number of nitrogens with zero attached hydrogens (tertiary/aromatic N) is 2. The Hall–Kier alpha value is -2.14. The van der Waals surface area contributed by atoms with E-state index in [4.69, 9.17) is 0 Å². The van der Waals surface area contributed by atoms with Gasteiger partial charge >= 0.3 is 0 Å². The third kappa shape index (κ3) is 2.83. The third-order valence-corrected chi connectivity index (χ3v) is 3.72. The van der Waals surface area contributed by atoms with Crippen LogP contribution in [0.1, 0.15) is 5.69 Å². The van der Waals surface area contributed by atoms with Crippen molar-refractivity contribution in [3.05, 3.63) is 70.7 Å². The van der Waals surface area contributed by atoms with E-state index in [0.29, 0.717) is 16.1 Å². The Kier molecular flexibility index (Phi) is 3.75.